The number of nitrogens with zero attached hydrogens (tertiary/aromatic N) is 2. The fourth-order valence-electron chi connectivity index (χ4n) is 2.01. The molecular formula is C15H18BrN3. The molecule has 0 saturated carbocycles. The molecule has 0 saturated heterocycles. The molecule has 100 valence electrons. The summed E-state index contributed by atoms with van der Waals surface area (Å²) in [5, 5.41) is 0. The van der Waals surface area contributed by atoms with Gasteiger partial charge in [0.25, 0.3) is 0 Å². The third-order valence-electron chi connectivity index (χ3n) is 3.13. The Kier molecular flexibility index (Phi) is 4.10. The van der Waals surface area contributed by atoms with Crippen LogP contribution in [0.2, 0.25) is 0 Å². The van der Waals surface area contributed by atoms with E-state index in [-0.39, 0.29) is 0 Å². The molecule has 1 heterocycles. The zero-order valence-corrected chi connectivity index (χ0v) is 13.0. The predicted octanol–water partition coefficient (Wildman–Crippen LogP) is 3.96. The van der Waals surface area contributed by atoms with Crippen molar-refractivity contribution >= 4 is 21.6 Å². The average molecular weight is 320 g/mol. The van der Waals surface area contributed by atoms with Crippen LogP contribution in [-0.4, -0.2) is 9.55 Å². The van der Waals surface area contributed by atoms with Gasteiger partial charge in [-0.05, 0) is 29.8 Å². The summed E-state index contributed by atoms with van der Waals surface area (Å²) in [5.74, 6) is 1.00. The van der Waals surface area contributed by atoms with Crippen molar-refractivity contribution in [2.24, 2.45) is 5.73 Å². The molecule has 19 heavy (non-hydrogen) atoms. The van der Waals surface area contributed by atoms with Gasteiger partial charge in [-0.25, -0.2) is 4.98 Å². The average Bonchev–Trinajstić information content (AvgIpc) is 2.76. The maximum absolute atomic E-state index is 5.63. The van der Waals surface area contributed by atoms with E-state index in [1.165, 1.54) is 5.56 Å². The molecule has 0 fully saturated rings. The number of hydrogen-bond acceptors (Lipinski definition) is 2. The smallest absolute Gasteiger partial charge is 0.117 e. The van der Waals surface area contributed by atoms with Gasteiger partial charge in [0.05, 0.1) is 0 Å². The Morgan fingerprint density at radius 1 is 1.37 bits per heavy atom. The summed E-state index contributed by atoms with van der Waals surface area (Å²) in [4.78, 5) is 4.72. The maximum atomic E-state index is 5.63. The van der Waals surface area contributed by atoms with Gasteiger partial charge in [-0.3, -0.25) is 4.57 Å². The molecular weight excluding hydrogens is 302 g/mol. The van der Waals surface area contributed by atoms with Gasteiger partial charge in [0, 0.05) is 23.9 Å². The number of allylic oxidation sites excluding steroid dienone is 1. The first-order valence-corrected chi connectivity index (χ1v) is 7.10. The van der Waals surface area contributed by atoms with E-state index in [9.17, 15) is 0 Å². The highest BCUT2D eigenvalue weighted by atomic mass is 79.9. The Balaban J connectivity index is 2.60. The van der Waals surface area contributed by atoms with Crippen LogP contribution in [0, 0.1) is 6.92 Å². The van der Waals surface area contributed by atoms with Crippen molar-refractivity contribution < 1.29 is 0 Å². The highest BCUT2D eigenvalue weighted by Crippen LogP contribution is 2.31. The lowest BCUT2D eigenvalue weighted by atomic mass is 10.1. The Labute approximate surface area is 122 Å². The van der Waals surface area contributed by atoms with Crippen LogP contribution in [0.1, 0.15) is 25.2 Å². The summed E-state index contributed by atoms with van der Waals surface area (Å²) in [6.07, 6.45) is 2.46. The van der Waals surface area contributed by atoms with E-state index in [2.05, 4.69) is 58.6 Å². The topological polar surface area (TPSA) is 43.8 Å². The quantitative estimate of drug-likeness (QED) is 0.930. The van der Waals surface area contributed by atoms with Crippen LogP contribution in [0.5, 0.6) is 0 Å². The molecule has 4 heteroatoms. The summed E-state index contributed by atoms with van der Waals surface area (Å²) in [6, 6.07) is 8.37. The number of nitrogens with two attached hydrogens (primary N) is 1. The number of imidazole rings is 1. The monoisotopic (exact) mass is 319 g/mol. The van der Waals surface area contributed by atoms with Gasteiger partial charge >= 0.3 is 0 Å². The molecule has 2 aromatic rings. The van der Waals surface area contributed by atoms with Crippen molar-refractivity contribution in [1.82, 2.24) is 9.55 Å². The molecule has 0 unspecified atom stereocenters. The lowest BCUT2D eigenvalue weighted by molar-refractivity contribution is 0.889. The maximum Gasteiger partial charge on any atom is 0.117 e. The van der Waals surface area contributed by atoms with E-state index >= 15 is 0 Å². The number of aryl methyl sites for hydroxylation is 2. The van der Waals surface area contributed by atoms with Crippen molar-refractivity contribution in [3.8, 4) is 11.3 Å². The number of rotatable bonds is 3. The summed E-state index contributed by atoms with van der Waals surface area (Å²) >= 11 is 3.64. The molecule has 0 atom stereocenters. The first-order valence-electron chi connectivity index (χ1n) is 6.31. The molecule has 2 rings (SSSR count). The van der Waals surface area contributed by atoms with Gasteiger partial charge in [-0.15, -0.1) is 0 Å². The van der Waals surface area contributed by atoms with Gasteiger partial charge in [0.1, 0.15) is 16.1 Å². The minimum Gasteiger partial charge on any atom is -0.403 e. The SMILES string of the molecule is CCc1nc(-c2ccc(C)cc2)c(Br)n1/C(C)=C\N. The number of benzene rings is 1. The Morgan fingerprint density at radius 3 is 2.53 bits per heavy atom. The molecule has 3 nitrogen and oxygen atoms in total. The molecule has 0 aliphatic heterocycles. The van der Waals surface area contributed by atoms with Crippen molar-refractivity contribution in [3.05, 3.63) is 46.5 Å². The van der Waals surface area contributed by atoms with Crippen LogP contribution in [0.3, 0.4) is 0 Å². The van der Waals surface area contributed by atoms with Gasteiger partial charge in [0.15, 0.2) is 0 Å². The van der Waals surface area contributed by atoms with E-state index in [0.29, 0.717) is 0 Å². The van der Waals surface area contributed by atoms with Crippen LogP contribution < -0.4 is 5.73 Å². The molecule has 2 N–H and O–H groups in total. The summed E-state index contributed by atoms with van der Waals surface area (Å²) in [6.45, 7) is 6.15. The number of halogens is 1. The zero-order chi connectivity index (χ0) is 14.0. The fourth-order valence-corrected chi connectivity index (χ4v) is 2.81. The van der Waals surface area contributed by atoms with Gasteiger partial charge in [-0.2, -0.15) is 0 Å². The second-order valence-corrected chi connectivity index (χ2v) is 5.28. The van der Waals surface area contributed by atoms with Crippen LogP contribution in [0.15, 0.2) is 35.1 Å². The fraction of sp³-hybridized carbons (Fsp3) is 0.267. The zero-order valence-electron chi connectivity index (χ0n) is 11.4. The van der Waals surface area contributed by atoms with Crippen LogP contribution >= 0.6 is 15.9 Å². The molecule has 0 amide bonds. The van der Waals surface area contributed by atoms with Crippen molar-refractivity contribution in [2.75, 3.05) is 0 Å². The van der Waals surface area contributed by atoms with Gasteiger partial charge in [-0.1, -0.05) is 36.8 Å². The summed E-state index contributed by atoms with van der Waals surface area (Å²) in [5.41, 5.74) is 9.91. The highest BCUT2D eigenvalue weighted by molar-refractivity contribution is 9.10. The molecule has 0 radical (unpaired) electrons. The summed E-state index contributed by atoms with van der Waals surface area (Å²) < 4.78 is 3.00. The lowest BCUT2D eigenvalue weighted by Gasteiger charge is -2.07. The Hall–Kier alpha value is -1.55. The third-order valence-corrected chi connectivity index (χ3v) is 3.86. The second kappa shape index (κ2) is 5.61. The van der Waals surface area contributed by atoms with E-state index in [4.69, 9.17) is 10.7 Å². The predicted molar refractivity (Wildman–Crippen MR) is 83.6 cm³/mol. The molecule has 0 aliphatic rings. The van der Waals surface area contributed by atoms with Crippen LogP contribution in [0.4, 0.5) is 0 Å². The molecule has 1 aromatic heterocycles. The molecule has 0 aliphatic carbocycles. The highest BCUT2D eigenvalue weighted by Gasteiger charge is 2.16. The van der Waals surface area contributed by atoms with E-state index < -0.39 is 0 Å². The summed E-state index contributed by atoms with van der Waals surface area (Å²) in [7, 11) is 0. The normalized spacial score (nSPS) is 11.9. The van der Waals surface area contributed by atoms with E-state index in [0.717, 1.165) is 33.8 Å². The number of hydrogen-bond donors (Lipinski definition) is 1. The van der Waals surface area contributed by atoms with Crippen LogP contribution in [-0.2, 0) is 6.42 Å². The molecule has 0 spiro atoms. The minimum absolute atomic E-state index is 0.857. The van der Waals surface area contributed by atoms with E-state index in [1.54, 1.807) is 6.20 Å². The molecule has 0 bridgehead atoms. The van der Waals surface area contributed by atoms with Crippen molar-refractivity contribution in [2.45, 2.75) is 27.2 Å². The number of aromatic nitrogens is 2. The standard InChI is InChI=1S/C15H18BrN3/c1-4-13-18-14(12-7-5-10(2)6-8-12)15(16)19(13)11(3)9-17/h5-9H,4,17H2,1-3H3/b11-9-. The van der Waals surface area contributed by atoms with E-state index in [1.807, 2.05) is 6.92 Å². The lowest BCUT2D eigenvalue weighted by Crippen LogP contribution is -2.02. The Bertz CT molecular complexity index is 609. The molecule has 1 aromatic carbocycles. The first kappa shape index (κ1) is 13.9. The first-order chi connectivity index (χ1) is 9.08. The van der Waals surface area contributed by atoms with Gasteiger partial charge < -0.3 is 5.73 Å². The Morgan fingerprint density at radius 2 is 2.00 bits per heavy atom. The van der Waals surface area contributed by atoms with Crippen molar-refractivity contribution in [3.63, 3.8) is 0 Å². The van der Waals surface area contributed by atoms with Crippen molar-refractivity contribution in [1.29, 1.82) is 0 Å². The third kappa shape index (κ3) is 2.59. The minimum atomic E-state index is 0.857. The second-order valence-electron chi connectivity index (χ2n) is 4.53. The van der Waals surface area contributed by atoms with Crippen LogP contribution in [0.25, 0.3) is 17.0 Å². The van der Waals surface area contributed by atoms with Gasteiger partial charge in [0.2, 0.25) is 0 Å². The largest absolute Gasteiger partial charge is 0.403 e.